The van der Waals surface area contributed by atoms with Crippen LogP contribution in [0.25, 0.3) is 5.69 Å². The van der Waals surface area contributed by atoms with E-state index in [4.69, 9.17) is 16.2 Å². The van der Waals surface area contributed by atoms with Crippen molar-refractivity contribution in [1.82, 2.24) is 14.9 Å². The van der Waals surface area contributed by atoms with Crippen molar-refractivity contribution >= 4 is 11.6 Å². The fraction of sp³-hybridized carbons (Fsp3) is 0.208. The number of nitrogens with one attached hydrogen (secondary N) is 1. The van der Waals surface area contributed by atoms with Gasteiger partial charge in [-0.1, -0.05) is 36.3 Å². The van der Waals surface area contributed by atoms with Gasteiger partial charge >= 0.3 is 0 Å². The minimum atomic E-state index is -0.242. The quantitative estimate of drug-likeness (QED) is 0.672. The first-order valence-corrected chi connectivity index (χ1v) is 9.69. The summed E-state index contributed by atoms with van der Waals surface area (Å²) in [6, 6.07) is 15.6. The van der Waals surface area contributed by atoms with E-state index in [-0.39, 0.29) is 11.9 Å². The van der Waals surface area contributed by atoms with Crippen LogP contribution in [-0.2, 0) is 11.3 Å². The van der Waals surface area contributed by atoms with Crippen molar-refractivity contribution in [2.45, 2.75) is 19.5 Å². The van der Waals surface area contributed by atoms with E-state index in [1.54, 1.807) is 13.4 Å². The van der Waals surface area contributed by atoms with Crippen molar-refractivity contribution in [3.8, 4) is 18.0 Å². The van der Waals surface area contributed by atoms with Gasteiger partial charge in [0.05, 0.1) is 30.2 Å². The molecule has 0 aliphatic carbocycles. The van der Waals surface area contributed by atoms with Crippen molar-refractivity contribution in [1.29, 1.82) is 0 Å². The van der Waals surface area contributed by atoms with Crippen LogP contribution in [0.4, 0.5) is 0 Å². The Balaban J connectivity index is 1.82. The third kappa shape index (κ3) is 3.63. The van der Waals surface area contributed by atoms with E-state index in [9.17, 15) is 4.79 Å². The normalized spacial score (nSPS) is 13.3. The summed E-state index contributed by atoms with van der Waals surface area (Å²) in [6.07, 6.45) is 7.31. The third-order valence-electron chi connectivity index (χ3n) is 4.99. The maximum atomic E-state index is 12.8. The Bertz CT molecular complexity index is 1160. The number of rotatable bonds is 5. The lowest BCUT2D eigenvalue weighted by atomic mass is 9.98. The number of hydrogen-bond acceptors (Lipinski definition) is 4. The number of aliphatic imine (C=N–C) groups is 1. The highest BCUT2D eigenvalue weighted by atomic mass is 16.5. The molecule has 0 spiro atoms. The summed E-state index contributed by atoms with van der Waals surface area (Å²) in [5.74, 6) is 2.45. The molecule has 1 aliphatic rings. The monoisotopic (exact) mass is 398 g/mol. The van der Waals surface area contributed by atoms with E-state index in [0.29, 0.717) is 18.8 Å². The zero-order valence-electron chi connectivity index (χ0n) is 16.9. The van der Waals surface area contributed by atoms with Gasteiger partial charge in [0.2, 0.25) is 0 Å². The minimum Gasteiger partial charge on any atom is -0.383 e. The standard InChI is InChI=1S/C24H22N4O2/c1-4-17-10-11-20-19(12-17)22(18-8-6-5-7-9-18)25-13-21-23(26-15-28(20)21)24(29)27-16(2)14-30-3/h1,5-12,15-16H,13-14H2,2-3H3,(H,27,29). The largest absolute Gasteiger partial charge is 0.383 e. The number of carbonyl (C=O) groups excluding carboxylic acids is 1. The fourth-order valence-corrected chi connectivity index (χ4v) is 3.61. The average molecular weight is 398 g/mol. The zero-order valence-corrected chi connectivity index (χ0v) is 16.9. The van der Waals surface area contributed by atoms with E-state index in [2.05, 4.69) is 16.2 Å². The second-order valence-corrected chi connectivity index (χ2v) is 7.15. The van der Waals surface area contributed by atoms with Crippen LogP contribution in [0.5, 0.6) is 0 Å². The fourth-order valence-electron chi connectivity index (χ4n) is 3.61. The Morgan fingerprint density at radius 3 is 2.83 bits per heavy atom. The van der Waals surface area contributed by atoms with Crippen molar-refractivity contribution in [2.75, 3.05) is 13.7 Å². The molecule has 0 radical (unpaired) electrons. The maximum absolute atomic E-state index is 12.8. The molecule has 1 atom stereocenters. The van der Waals surface area contributed by atoms with Crippen molar-refractivity contribution in [3.05, 3.63) is 82.9 Å². The summed E-state index contributed by atoms with van der Waals surface area (Å²) in [7, 11) is 1.60. The molecule has 1 aliphatic heterocycles. The van der Waals surface area contributed by atoms with Gasteiger partial charge in [-0.3, -0.25) is 14.4 Å². The van der Waals surface area contributed by atoms with E-state index in [1.807, 2.05) is 60.0 Å². The van der Waals surface area contributed by atoms with Crippen molar-refractivity contribution < 1.29 is 9.53 Å². The van der Waals surface area contributed by atoms with Gasteiger partial charge in [-0.15, -0.1) is 6.42 Å². The molecule has 1 aromatic heterocycles. The highest BCUT2D eigenvalue weighted by molar-refractivity contribution is 6.15. The van der Waals surface area contributed by atoms with Gasteiger partial charge in [-0.05, 0) is 25.1 Å². The van der Waals surface area contributed by atoms with Gasteiger partial charge in [-0.25, -0.2) is 4.98 Å². The lowest BCUT2D eigenvalue weighted by Gasteiger charge is -2.13. The van der Waals surface area contributed by atoms with Gasteiger partial charge in [0, 0.05) is 29.8 Å². The first kappa shape index (κ1) is 19.6. The topological polar surface area (TPSA) is 68.5 Å². The average Bonchev–Trinajstić information content (AvgIpc) is 3.11. The van der Waals surface area contributed by atoms with Crippen LogP contribution in [0.3, 0.4) is 0 Å². The van der Waals surface area contributed by atoms with Crippen molar-refractivity contribution in [2.24, 2.45) is 4.99 Å². The zero-order chi connectivity index (χ0) is 21.1. The number of amides is 1. The number of ether oxygens (including phenoxy) is 1. The Labute approximate surface area is 175 Å². The molecule has 2 aromatic carbocycles. The van der Waals surface area contributed by atoms with Crippen molar-refractivity contribution in [3.63, 3.8) is 0 Å². The summed E-state index contributed by atoms with van der Waals surface area (Å²) < 4.78 is 7.03. The van der Waals surface area contributed by atoms with Crippen LogP contribution in [0.1, 0.15) is 39.8 Å². The number of benzene rings is 2. The Kier molecular flexibility index (Phi) is 5.46. The van der Waals surface area contributed by atoms with E-state index < -0.39 is 0 Å². The molecule has 1 N–H and O–H groups in total. The third-order valence-corrected chi connectivity index (χ3v) is 4.99. The number of nitrogens with zero attached hydrogens (tertiary/aromatic N) is 3. The van der Waals surface area contributed by atoms with Gasteiger partial charge < -0.3 is 10.1 Å². The molecule has 6 nitrogen and oxygen atoms in total. The van der Waals surface area contributed by atoms with Gasteiger partial charge in [0.25, 0.3) is 5.91 Å². The number of imidazole rings is 1. The predicted octanol–water partition coefficient (Wildman–Crippen LogP) is 2.97. The molecule has 30 heavy (non-hydrogen) atoms. The summed E-state index contributed by atoms with van der Waals surface area (Å²) in [5.41, 5.74) is 5.50. The van der Waals surface area contributed by atoms with Crippen LogP contribution in [0.2, 0.25) is 0 Å². The van der Waals surface area contributed by atoms with E-state index >= 15 is 0 Å². The molecule has 2 heterocycles. The number of terminal acetylenes is 1. The first-order valence-electron chi connectivity index (χ1n) is 9.69. The van der Waals surface area contributed by atoms with E-state index in [1.165, 1.54) is 0 Å². The molecule has 4 rings (SSSR count). The molecule has 1 amide bonds. The summed E-state index contributed by atoms with van der Waals surface area (Å²) in [4.78, 5) is 22.1. The van der Waals surface area contributed by atoms with Crippen LogP contribution in [0, 0.1) is 12.3 Å². The second kappa shape index (κ2) is 8.36. The number of fused-ring (bicyclic) bond motifs is 3. The molecule has 6 heteroatoms. The molecule has 1 unspecified atom stereocenters. The smallest absolute Gasteiger partial charge is 0.272 e. The van der Waals surface area contributed by atoms with E-state index in [0.717, 1.165) is 33.8 Å². The Morgan fingerprint density at radius 2 is 2.10 bits per heavy atom. The first-order chi connectivity index (χ1) is 14.6. The lowest BCUT2D eigenvalue weighted by molar-refractivity contribution is 0.0900. The predicted molar refractivity (Wildman–Crippen MR) is 116 cm³/mol. The minimum absolute atomic E-state index is 0.125. The molecular weight excluding hydrogens is 376 g/mol. The SMILES string of the molecule is C#Cc1ccc2c(c1)C(c1ccccc1)=NCc1c(C(=O)NC(C)COC)ncn1-2. The molecule has 150 valence electrons. The highest BCUT2D eigenvalue weighted by Gasteiger charge is 2.25. The summed E-state index contributed by atoms with van der Waals surface area (Å²) in [5, 5.41) is 2.92. The summed E-state index contributed by atoms with van der Waals surface area (Å²) >= 11 is 0. The molecule has 0 saturated heterocycles. The molecule has 3 aromatic rings. The van der Waals surface area contributed by atoms with Crippen LogP contribution < -0.4 is 5.32 Å². The molecule has 0 saturated carbocycles. The molecule has 0 fully saturated rings. The number of methoxy groups -OCH3 is 1. The summed E-state index contributed by atoms with van der Waals surface area (Å²) in [6.45, 7) is 2.64. The van der Waals surface area contributed by atoms with Crippen LogP contribution in [-0.4, -0.2) is 40.9 Å². The number of aromatic nitrogens is 2. The number of hydrogen-bond donors (Lipinski definition) is 1. The number of carbonyl (C=O) groups is 1. The van der Waals surface area contributed by atoms with Gasteiger partial charge in [0.15, 0.2) is 5.69 Å². The Morgan fingerprint density at radius 1 is 1.30 bits per heavy atom. The second-order valence-electron chi connectivity index (χ2n) is 7.15. The lowest BCUT2D eigenvalue weighted by Crippen LogP contribution is -2.36. The van der Waals surface area contributed by atoms with Gasteiger partial charge in [0.1, 0.15) is 6.33 Å². The maximum Gasteiger partial charge on any atom is 0.272 e. The van der Waals surface area contributed by atoms with Gasteiger partial charge in [-0.2, -0.15) is 0 Å². The highest BCUT2D eigenvalue weighted by Crippen LogP contribution is 2.27. The Hall–Kier alpha value is -3.69. The van der Waals surface area contributed by atoms with Crippen LogP contribution in [0.15, 0.2) is 59.9 Å². The van der Waals surface area contributed by atoms with Crippen LogP contribution >= 0.6 is 0 Å². The molecule has 0 bridgehead atoms. The molecular formula is C24H22N4O2.